The largest absolute Gasteiger partial charge is 0.478 e. The average Bonchev–Trinajstić information content (AvgIpc) is 3.06. The van der Waals surface area contributed by atoms with Crippen molar-refractivity contribution in [1.82, 2.24) is 10.3 Å². The Labute approximate surface area is 186 Å². The highest BCUT2D eigenvalue weighted by molar-refractivity contribution is 8.26. The van der Waals surface area contributed by atoms with E-state index in [2.05, 4.69) is 10.3 Å². The first-order chi connectivity index (χ1) is 15.0. The molecular formula is C22H14FN3O3S2. The van der Waals surface area contributed by atoms with E-state index in [9.17, 15) is 14.0 Å². The van der Waals surface area contributed by atoms with Crippen LogP contribution >= 0.6 is 24.0 Å². The molecule has 0 bridgehead atoms. The minimum atomic E-state index is -0.601. The first-order valence-corrected chi connectivity index (χ1v) is 10.6. The molecule has 154 valence electrons. The van der Waals surface area contributed by atoms with Crippen molar-refractivity contribution in [3.8, 4) is 5.75 Å². The van der Waals surface area contributed by atoms with Gasteiger partial charge in [0.15, 0.2) is 18.2 Å². The summed E-state index contributed by atoms with van der Waals surface area (Å²) in [5, 5.41) is 3.48. The Morgan fingerprint density at radius 2 is 2.13 bits per heavy atom. The van der Waals surface area contributed by atoms with Crippen LogP contribution in [0.2, 0.25) is 0 Å². The molecule has 2 amide bonds. The lowest BCUT2D eigenvalue weighted by Crippen LogP contribution is -2.38. The molecule has 3 heterocycles. The van der Waals surface area contributed by atoms with Gasteiger partial charge in [-0.3, -0.25) is 14.6 Å². The molecule has 0 spiro atoms. The molecule has 0 aliphatic carbocycles. The van der Waals surface area contributed by atoms with Crippen molar-refractivity contribution in [2.24, 2.45) is 0 Å². The molecule has 2 aromatic carbocycles. The Morgan fingerprint density at radius 3 is 2.94 bits per heavy atom. The Hall–Kier alpha value is -3.30. The highest BCUT2D eigenvalue weighted by atomic mass is 32.2. The molecule has 0 unspecified atom stereocenters. The standard InChI is InChI=1S/C22H14FN3O3S2/c23-15-7-13(9-18-21(28)25-22(30)31-18)8-17-20(15)29-11-19(27)26(17)10-12-3-4-16-14(6-12)2-1-5-24-16/h1-9H,10-11H2,(H,25,28,30). The normalized spacial score (nSPS) is 17.1. The fourth-order valence-corrected chi connectivity index (χ4v) is 4.57. The van der Waals surface area contributed by atoms with Gasteiger partial charge in [0.2, 0.25) is 0 Å². The highest BCUT2D eigenvalue weighted by Crippen LogP contribution is 2.38. The Kier molecular flexibility index (Phi) is 4.91. The molecule has 1 saturated heterocycles. The van der Waals surface area contributed by atoms with Crippen molar-refractivity contribution in [3.63, 3.8) is 0 Å². The van der Waals surface area contributed by atoms with E-state index in [1.807, 2.05) is 30.3 Å². The lowest BCUT2D eigenvalue weighted by atomic mass is 10.1. The molecule has 0 atom stereocenters. The van der Waals surface area contributed by atoms with Crippen molar-refractivity contribution in [2.45, 2.75) is 6.54 Å². The molecule has 2 aliphatic heterocycles. The molecule has 1 aromatic heterocycles. The number of pyridine rings is 1. The zero-order valence-corrected chi connectivity index (χ0v) is 17.6. The number of anilines is 1. The van der Waals surface area contributed by atoms with E-state index < -0.39 is 5.82 Å². The number of thiocarbonyl (C=S) groups is 1. The second-order valence-corrected chi connectivity index (χ2v) is 8.72. The number of nitrogens with one attached hydrogen (secondary N) is 1. The van der Waals surface area contributed by atoms with Crippen LogP contribution in [0, 0.1) is 5.82 Å². The minimum Gasteiger partial charge on any atom is -0.478 e. The van der Waals surface area contributed by atoms with E-state index in [-0.39, 0.29) is 30.7 Å². The minimum absolute atomic E-state index is 0.0169. The van der Waals surface area contributed by atoms with E-state index in [0.29, 0.717) is 20.5 Å². The number of rotatable bonds is 3. The van der Waals surface area contributed by atoms with Gasteiger partial charge in [-0.15, -0.1) is 0 Å². The van der Waals surface area contributed by atoms with Crippen LogP contribution in [-0.4, -0.2) is 27.7 Å². The molecule has 31 heavy (non-hydrogen) atoms. The Bertz CT molecular complexity index is 1310. The highest BCUT2D eigenvalue weighted by Gasteiger charge is 2.29. The van der Waals surface area contributed by atoms with E-state index in [4.69, 9.17) is 17.0 Å². The number of ether oxygens (including phenoxy) is 1. The van der Waals surface area contributed by atoms with Crippen molar-refractivity contribution in [2.75, 3.05) is 11.5 Å². The zero-order chi connectivity index (χ0) is 21.5. The second-order valence-electron chi connectivity index (χ2n) is 7.00. The van der Waals surface area contributed by atoms with Crippen LogP contribution in [0.5, 0.6) is 5.75 Å². The number of aromatic nitrogens is 1. The van der Waals surface area contributed by atoms with Crippen LogP contribution in [0.4, 0.5) is 10.1 Å². The van der Waals surface area contributed by atoms with Crippen LogP contribution in [0.15, 0.2) is 53.6 Å². The number of carbonyl (C=O) groups is 2. The molecule has 1 N–H and O–H groups in total. The molecule has 6 nitrogen and oxygen atoms in total. The molecule has 2 aliphatic rings. The van der Waals surface area contributed by atoms with Gasteiger partial charge in [-0.1, -0.05) is 36.1 Å². The maximum atomic E-state index is 14.8. The molecule has 5 rings (SSSR count). The average molecular weight is 452 g/mol. The van der Waals surface area contributed by atoms with E-state index in [0.717, 1.165) is 28.2 Å². The molecule has 3 aromatic rings. The third-order valence-corrected chi connectivity index (χ3v) is 6.09. The van der Waals surface area contributed by atoms with E-state index in [1.54, 1.807) is 18.3 Å². The number of halogens is 1. The maximum Gasteiger partial charge on any atom is 0.265 e. The van der Waals surface area contributed by atoms with Gasteiger partial charge in [-0.25, -0.2) is 4.39 Å². The smallest absolute Gasteiger partial charge is 0.265 e. The summed E-state index contributed by atoms with van der Waals surface area (Å²) in [5.41, 5.74) is 2.48. The second kappa shape index (κ2) is 7.75. The fourth-order valence-electron chi connectivity index (χ4n) is 3.52. The summed E-state index contributed by atoms with van der Waals surface area (Å²) in [5.74, 6) is -1.20. The summed E-state index contributed by atoms with van der Waals surface area (Å²) < 4.78 is 20.5. The van der Waals surface area contributed by atoms with Gasteiger partial charge in [-0.05, 0) is 47.5 Å². The van der Waals surface area contributed by atoms with Gasteiger partial charge >= 0.3 is 0 Å². The summed E-state index contributed by atoms with van der Waals surface area (Å²) in [6.45, 7) is 0.00480. The maximum absolute atomic E-state index is 14.8. The number of hydrogen-bond donors (Lipinski definition) is 1. The van der Waals surface area contributed by atoms with Gasteiger partial charge in [0.25, 0.3) is 11.8 Å². The summed E-state index contributed by atoms with van der Waals surface area (Å²) in [6.07, 6.45) is 3.26. The van der Waals surface area contributed by atoms with Crippen LogP contribution in [0.3, 0.4) is 0 Å². The predicted octanol–water partition coefficient (Wildman–Crippen LogP) is 3.79. The van der Waals surface area contributed by atoms with Gasteiger partial charge < -0.3 is 15.0 Å². The number of fused-ring (bicyclic) bond motifs is 2. The van der Waals surface area contributed by atoms with E-state index >= 15 is 0 Å². The molecule has 9 heteroatoms. The Morgan fingerprint density at radius 1 is 1.26 bits per heavy atom. The lowest BCUT2D eigenvalue weighted by molar-refractivity contribution is -0.121. The van der Waals surface area contributed by atoms with Crippen molar-refractivity contribution in [3.05, 3.63) is 70.5 Å². The van der Waals surface area contributed by atoms with Crippen molar-refractivity contribution < 1.29 is 18.7 Å². The van der Waals surface area contributed by atoms with Crippen LogP contribution in [-0.2, 0) is 16.1 Å². The van der Waals surface area contributed by atoms with Gasteiger partial charge in [0.1, 0.15) is 4.32 Å². The number of hydrogen-bond acceptors (Lipinski definition) is 6. The third kappa shape index (κ3) is 3.77. The summed E-state index contributed by atoms with van der Waals surface area (Å²) in [6, 6.07) is 12.4. The van der Waals surface area contributed by atoms with E-state index in [1.165, 1.54) is 11.0 Å². The molecular weight excluding hydrogens is 437 g/mol. The number of amides is 2. The van der Waals surface area contributed by atoms with Gasteiger partial charge in [0, 0.05) is 11.6 Å². The Balaban J connectivity index is 1.53. The predicted molar refractivity (Wildman–Crippen MR) is 121 cm³/mol. The molecule has 1 fully saturated rings. The summed E-state index contributed by atoms with van der Waals surface area (Å²) >= 11 is 6.10. The van der Waals surface area contributed by atoms with Crippen molar-refractivity contribution >= 4 is 62.8 Å². The summed E-state index contributed by atoms with van der Waals surface area (Å²) in [4.78, 5) is 30.8. The molecule has 0 radical (unpaired) electrons. The van der Waals surface area contributed by atoms with Gasteiger partial charge in [-0.2, -0.15) is 0 Å². The first-order valence-electron chi connectivity index (χ1n) is 9.33. The van der Waals surface area contributed by atoms with Crippen LogP contribution < -0.4 is 15.0 Å². The quantitative estimate of drug-likeness (QED) is 0.483. The number of benzene rings is 2. The fraction of sp³-hybridized carbons (Fsp3) is 0.0909. The number of nitrogens with zero attached hydrogens (tertiary/aromatic N) is 2. The first kappa shape index (κ1) is 19.7. The topological polar surface area (TPSA) is 71.5 Å². The number of thioether (sulfide) groups is 1. The lowest BCUT2D eigenvalue weighted by Gasteiger charge is -2.30. The van der Waals surface area contributed by atoms with Crippen molar-refractivity contribution in [1.29, 1.82) is 0 Å². The van der Waals surface area contributed by atoms with Crippen LogP contribution in [0.25, 0.3) is 17.0 Å². The zero-order valence-electron chi connectivity index (χ0n) is 15.9. The SMILES string of the molecule is O=C1NC(=S)SC1=Cc1cc(F)c2c(c1)N(Cc1ccc3ncccc3c1)C(=O)CO2. The van der Waals surface area contributed by atoms with Gasteiger partial charge in [0.05, 0.1) is 22.7 Å². The van der Waals surface area contributed by atoms with Crippen LogP contribution in [0.1, 0.15) is 11.1 Å². The molecule has 0 saturated carbocycles. The number of carbonyl (C=O) groups excluding carboxylic acids is 2. The summed E-state index contributed by atoms with van der Waals surface area (Å²) in [7, 11) is 0. The monoisotopic (exact) mass is 451 g/mol. The third-order valence-electron chi connectivity index (χ3n) is 4.93.